The number of rotatable bonds is 4. The smallest absolute Gasteiger partial charge is 0.134 e. The third-order valence-electron chi connectivity index (χ3n) is 5.11. The van der Waals surface area contributed by atoms with Gasteiger partial charge in [-0.25, -0.2) is 0 Å². The van der Waals surface area contributed by atoms with Crippen LogP contribution in [0.1, 0.15) is 24.8 Å². The molecule has 0 spiro atoms. The van der Waals surface area contributed by atoms with Gasteiger partial charge in [0, 0.05) is 31.1 Å². The Morgan fingerprint density at radius 2 is 2.12 bits per heavy atom. The molecule has 6 nitrogen and oxygen atoms in total. The number of hydroxylamine groups is 2. The minimum Gasteiger partial charge on any atom is -0.487 e. The van der Waals surface area contributed by atoms with Crippen LogP contribution in [0.3, 0.4) is 0 Å². The van der Waals surface area contributed by atoms with Crippen molar-refractivity contribution in [1.82, 2.24) is 10.4 Å². The molecule has 1 fully saturated rings. The monoisotopic (exact) mass is 331 g/mol. The highest BCUT2D eigenvalue weighted by molar-refractivity contribution is 5.80. The summed E-state index contributed by atoms with van der Waals surface area (Å²) in [5.41, 5.74) is 2.01. The zero-order chi connectivity index (χ0) is 16.5. The number of fused-ring (bicyclic) bond motifs is 2. The Kier molecular flexibility index (Phi) is 4.45. The standard InChI is InChI=1S/C18H23N2O4/c21-15(11-19-14-3-6-20(22)7-4-14)16-2-1-12-9-17-13(5-8-23-17)10-18(12)24-16/h5,8-10,14-16,19,21H,1-4,6-7,11H2. The number of aliphatic hydroxyl groups excluding tert-OH is 1. The molecule has 1 radical (unpaired) electrons. The lowest BCUT2D eigenvalue weighted by Gasteiger charge is -2.32. The molecule has 1 saturated heterocycles. The van der Waals surface area contributed by atoms with E-state index in [2.05, 4.69) is 5.32 Å². The van der Waals surface area contributed by atoms with Crippen molar-refractivity contribution in [3.63, 3.8) is 0 Å². The zero-order valence-electron chi connectivity index (χ0n) is 13.6. The van der Waals surface area contributed by atoms with Gasteiger partial charge >= 0.3 is 0 Å². The van der Waals surface area contributed by atoms with E-state index in [4.69, 9.17) is 9.15 Å². The van der Waals surface area contributed by atoms with Gasteiger partial charge in [-0.3, -0.25) is 0 Å². The molecule has 2 aromatic rings. The van der Waals surface area contributed by atoms with E-state index in [1.165, 1.54) is 0 Å². The van der Waals surface area contributed by atoms with Crippen LogP contribution >= 0.6 is 0 Å². The Hall–Kier alpha value is -1.60. The number of furan rings is 1. The SMILES string of the molecule is [O]N1CCC(NCC(O)C2CCc3cc4occc4cc3O2)CC1. The van der Waals surface area contributed by atoms with Crippen molar-refractivity contribution in [2.24, 2.45) is 0 Å². The Morgan fingerprint density at radius 3 is 2.96 bits per heavy atom. The molecule has 2 aliphatic heterocycles. The highest BCUT2D eigenvalue weighted by atomic mass is 16.5. The lowest BCUT2D eigenvalue weighted by molar-refractivity contribution is -0.169. The minimum absolute atomic E-state index is 0.200. The van der Waals surface area contributed by atoms with Crippen molar-refractivity contribution < 1.29 is 19.5 Å². The van der Waals surface area contributed by atoms with E-state index in [-0.39, 0.29) is 6.10 Å². The van der Waals surface area contributed by atoms with Crippen molar-refractivity contribution >= 4 is 11.0 Å². The van der Waals surface area contributed by atoms with E-state index in [0.29, 0.717) is 25.7 Å². The first kappa shape index (κ1) is 15.9. The topological polar surface area (TPSA) is 77.8 Å². The van der Waals surface area contributed by atoms with Gasteiger partial charge < -0.3 is 19.6 Å². The van der Waals surface area contributed by atoms with Crippen molar-refractivity contribution in [2.75, 3.05) is 19.6 Å². The van der Waals surface area contributed by atoms with Gasteiger partial charge in [-0.15, -0.1) is 5.21 Å². The minimum atomic E-state index is -0.552. The number of aryl methyl sites for hydroxylation is 1. The largest absolute Gasteiger partial charge is 0.487 e. The number of ether oxygens (including phenoxy) is 1. The number of benzene rings is 1. The van der Waals surface area contributed by atoms with Crippen molar-refractivity contribution in [1.29, 1.82) is 0 Å². The molecule has 6 heteroatoms. The zero-order valence-corrected chi connectivity index (χ0v) is 13.6. The Bertz CT molecular complexity index is 693. The maximum absolute atomic E-state index is 11.2. The Balaban J connectivity index is 1.35. The predicted octanol–water partition coefficient (Wildman–Crippen LogP) is 1.89. The summed E-state index contributed by atoms with van der Waals surface area (Å²) >= 11 is 0. The van der Waals surface area contributed by atoms with Crippen LogP contribution in [-0.2, 0) is 11.6 Å². The van der Waals surface area contributed by atoms with Crippen molar-refractivity contribution in [3.05, 3.63) is 30.0 Å². The van der Waals surface area contributed by atoms with Gasteiger partial charge in [-0.1, -0.05) is 0 Å². The molecule has 2 N–H and O–H groups in total. The molecule has 2 atom stereocenters. The average Bonchev–Trinajstić information content (AvgIpc) is 3.05. The quantitative estimate of drug-likeness (QED) is 0.894. The highest BCUT2D eigenvalue weighted by Gasteiger charge is 2.28. The fraction of sp³-hybridized carbons (Fsp3) is 0.556. The molecule has 129 valence electrons. The van der Waals surface area contributed by atoms with Crippen LogP contribution < -0.4 is 10.1 Å². The Morgan fingerprint density at radius 1 is 1.29 bits per heavy atom. The molecule has 2 unspecified atom stereocenters. The fourth-order valence-electron chi connectivity index (χ4n) is 3.61. The molecule has 0 aliphatic carbocycles. The van der Waals surface area contributed by atoms with Gasteiger partial charge in [0.05, 0.1) is 6.26 Å². The van der Waals surface area contributed by atoms with Gasteiger partial charge in [0.25, 0.3) is 0 Å². The van der Waals surface area contributed by atoms with Gasteiger partial charge in [-0.05, 0) is 49.4 Å². The predicted molar refractivity (Wildman–Crippen MR) is 88.2 cm³/mol. The first-order valence-corrected chi connectivity index (χ1v) is 8.69. The third-order valence-corrected chi connectivity index (χ3v) is 5.11. The van der Waals surface area contributed by atoms with Gasteiger partial charge in [-0.2, -0.15) is 5.06 Å². The van der Waals surface area contributed by atoms with E-state index in [0.717, 1.165) is 53.0 Å². The fourth-order valence-corrected chi connectivity index (χ4v) is 3.61. The normalized spacial score (nSPS) is 23.8. The summed E-state index contributed by atoms with van der Waals surface area (Å²) in [5, 5.41) is 27.2. The van der Waals surface area contributed by atoms with Crippen molar-refractivity contribution in [3.8, 4) is 5.75 Å². The number of hydrogen-bond donors (Lipinski definition) is 2. The lowest BCUT2D eigenvalue weighted by atomic mass is 9.97. The van der Waals surface area contributed by atoms with Crippen LogP contribution in [0.15, 0.2) is 28.9 Å². The molecule has 0 bridgehead atoms. The summed E-state index contributed by atoms with van der Waals surface area (Å²) in [6.45, 7) is 1.64. The van der Waals surface area contributed by atoms with Crippen LogP contribution in [0.25, 0.3) is 11.0 Å². The van der Waals surface area contributed by atoms with E-state index >= 15 is 0 Å². The Labute approximate surface area is 141 Å². The molecule has 1 aromatic carbocycles. The molecule has 0 saturated carbocycles. The van der Waals surface area contributed by atoms with Gasteiger partial charge in [0.1, 0.15) is 23.5 Å². The molecule has 1 aromatic heterocycles. The first-order chi connectivity index (χ1) is 11.7. The maximum Gasteiger partial charge on any atom is 0.134 e. The molecule has 2 aliphatic rings. The van der Waals surface area contributed by atoms with Crippen LogP contribution in [0.5, 0.6) is 5.75 Å². The van der Waals surface area contributed by atoms with Gasteiger partial charge in [0.2, 0.25) is 0 Å². The molecule has 4 rings (SSSR count). The maximum atomic E-state index is 11.2. The first-order valence-electron chi connectivity index (χ1n) is 8.69. The summed E-state index contributed by atoms with van der Waals surface area (Å²) in [6.07, 6.45) is 4.27. The van der Waals surface area contributed by atoms with E-state index < -0.39 is 6.10 Å². The van der Waals surface area contributed by atoms with Crippen LogP contribution in [-0.4, -0.2) is 48.1 Å². The third kappa shape index (κ3) is 3.28. The second-order valence-corrected chi connectivity index (χ2v) is 6.79. The summed E-state index contributed by atoms with van der Waals surface area (Å²) in [5.74, 6) is 0.846. The number of nitrogens with one attached hydrogen (secondary N) is 1. The van der Waals surface area contributed by atoms with Crippen molar-refractivity contribution in [2.45, 2.75) is 43.9 Å². The molecule has 0 amide bonds. The molecular formula is C18H23N2O4. The number of piperidine rings is 1. The number of hydrogen-bond acceptors (Lipinski definition) is 5. The second kappa shape index (κ2) is 6.72. The summed E-state index contributed by atoms with van der Waals surface area (Å²) in [7, 11) is 0. The van der Waals surface area contributed by atoms with Crippen LogP contribution in [0.4, 0.5) is 0 Å². The summed E-state index contributed by atoms with van der Waals surface area (Å²) < 4.78 is 11.5. The average molecular weight is 331 g/mol. The highest BCUT2D eigenvalue weighted by Crippen LogP contribution is 2.33. The summed E-state index contributed by atoms with van der Waals surface area (Å²) in [6, 6.07) is 6.25. The van der Waals surface area contributed by atoms with E-state index in [1.807, 2.05) is 18.2 Å². The van der Waals surface area contributed by atoms with Gasteiger partial charge in [0.15, 0.2) is 0 Å². The van der Waals surface area contributed by atoms with E-state index in [1.54, 1.807) is 6.26 Å². The van der Waals surface area contributed by atoms with Crippen LogP contribution in [0.2, 0.25) is 0 Å². The second-order valence-electron chi connectivity index (χ2n) is 6.79. The number of nitrogens with zero attached hydrogens (tertiary/aromatic N) is 1. The summed E-state index contributed by atoms with van der Waals surface area (Å²) in [4.78, 5) is 0. The molecule has 24 heavy (non-hydrogen) atoms. The number of aliphatic hydroxyl groups is 1. The van der Waals surface area contributed by atoms with Crippen LogP contribution in [0, 0.1) is 0 Å². The van der Waals surface area contributed by atoms with E-state index in [9.17, 15) is 10.3 Å². The molecule has 3 heterocycles. The molecular weight excluding hydrogens is 308 g/mol. The lowest BCUT2D eigenvalue weighted by Crippen LogP contribution is -2.47.